The van der Waals surface area contributed by atoms with E-state index in [9.17, 15) is 5.11 Å². The molecule has 1 N–H and O–H groups in total. The maximum absolute atomic E-state index is 9.39. The third-order valence-corrected chi connectivity index (χ3v) is 1.44. The lowest BCUT2D eigenvalue weighted by Crippen LogP contribution is -1.86. The van der Waals surface area contributed by atoms with E-state index in [1.807, 2.05) is 0 Å². The van der Waals surface area contributed by atoms with Gasteiger partial charge in [-0.05, 0) is 12.1 Å². The van der Waals surface area contributed by atoms with E-state index in [4.69, 9.17) is 10.5 Å². The van der Waals surface area contributed by atoms with Gasteiger partial charge in [0.25, 0.3) is 0 Å². The SMILES string of the molecule is N#CC(C#N)=C(O)c1c[c]ccc1. The topological polar surface area (TPSA) is 67.8 Å². The van der Waals surface area contributed by atoms with Crippen LogP contribution in [0.5, 0.6) is 0 Å². The minimum absolute atomic E-state index is 0.292. The minimum atomic E-state index is -0.304. The van der Waals surface area contributed by atoms with Gasteiger partial charge in [-0.2, -0.15) is 10.5 Å². The van der Waals surface area contributed by atoms with Crippen LogP contribution in [0, 0.1) is 28.7 Å². The zero-order valence-corrected chi connectivity index (χ0v) is 6.65. The number of aliphatic hydroxyl groups excluding tert-OH is 1. The van der Waals surface area contributed by atoms with E-state index in [-0.39, 0.29) is 11.3 Å². The van der Waals surface area contributed by atoms with Crippen LogP contribution in [0.1, 0.15) is 5.56 Å². The highest BCUT2D eigenvalue weighted by molar-refractivity contribution is 5.69. The lowest BCUT2D eigenvalue weighted by molar-refractivity contribution is 0.510. The summed E-state index contributed by atoms with van der Waals surface area (Å²) in [6.07, 6.45) is 0. The highest BCUT2D eigenvalue weighted by atomic mass is 16.3. The molecule has 0 amide bonds. The third-order valence-electron chi connectivity index (χ3n) is 1.44. The van der Waals surface area contributed by atoms with Gasteiger partial charge in [0.15, 0.2) is 11.3 Å². The fourth-order valence-corrected chi connectivity index (χ4v) is 0.816. The second kappa shape index (κ2) is 3.94. The van der Waals surface area contributed by atoms with Gasteiger partial charge in [-0.15, -0.1) is 0 Å². The van der Waals surface area contributed by atoms with Gasteiger partial charge < -0.3 is 5.11 Å². The van der Waals surface area contributed by atoms with Crippen LogP contribution in [0.4, 0.5) is 0 Å². The molecule has 1 radical (unpaired) electrons. The molecule has 0 saturated carbocycles. The molecule has 0 atom stereocenters. The Hall–Kier alpha value is -2.26. The van der Waals surface area contributed by atoms with Gasteiger partial charge in [-0.25, -0.2) is 0 Å². The van der Waals surface area contributed by atoms with Crippen LogP contribution in [0.2, 0.25) is 0 Å². The van der Waals surface area contributed by atoms with E-state index in [1.54, 1.807) is 30.3 Å². The van der Waals surface area contributed by atoms with Crippen LogP contribution in [-0.4, -0.2) is 5.11 Å². The monoisotopic (exact) mass is 169 g/mol. The zero-order valence-electron chi connectivity index (χ0n) is 6.65. The summed E-state index contributed by atoms with van der Waals surface area (Å²) in [6.45, 7) is 0. The average molecular weight is 169 g/mol. The molecule has 0 aliphatic heterocycles. The fraction of sp³-hybridized carbons (Fsp3) is 0. The van der Waals surface area contributed by atoms with Crippen molar-refractivity contribution in [3.63, 3.8) is 0 Å². The highest BCUT2D eigenvalue weighted by Gasteiger charge is 2.05. The molecule has 0 spiro atoms. The van der Waals surface area contributed by atoms with Crippen LogP contribution < -0.4 is 0 Å². The molecule has 0 bridgehead atoms. The number of aliphatic hydroxyl groups is 1. The van der Waals surface area contributed by atoms with Crippen molar-refractivity contribution in [3.8, 4) is 12.1 Å². The second-order valence-electron chi connectivity index (χ2n) is 2.24. The number of nitrogens with zero attached hydrogens (tertiary/aromatic N) is 2. The van der Waals surface area contributed by atoms with E-state index < -0.39 is 0 Å². The molecule has 0 unspecified atom stereocenters. The van der Waals surface area contributed by atoms with Gasteiger partial charge >= 0.3 is 0 Å². The molecule has 3 nitrogen and oxygen atoms in total. The van der Waals surface area contributed by atoms with E-state index in [0.717, 1.165) is 0 Å². The molecule has 1 aromatic rings. The van der Waals surface area contributed by atoms with Crippen molar-refractivity contribution in [2.24, 2.45) is 0 Å². The summed E-state index contributed by atoms with van der Waals surface area (Å²) in [4.78, 5) is 0. The Labute approximate surface area is 75.8 Å². The molecule has 0 aliphatic carbocycles. The largest absolute Gasteiger partial charge is 0.505 e. The minimum Gasteiger partial charge on any atom is -0.505 e. The summed E-state index contributed by atoms with van der Waals surface area (Å²) in [5.41, 5.74) is 0.125. The average Bonchev–Trinajstić information content (AvgIpc) is 2.21. The summed E-state index contributed by atoms with van der Waals surface area (Å²) in [5, 5.41) is 26.3. The van der Waals surface area contributed by atoms with Crippen molar-refractivity contribution in [3.05, 3.63) is 41.5 Å². The number of benzene rings is 1. The standard InChI is InChI=1S/C10H5N2O/c11-6-9(7-12)10(13)8-4-2-1-3-5-8/h1-2,4-5,13H. The van der Waals surface area contributed by atoms with Crippen LogP contribution in [0.3, 0.4) is 0 Å². The van der Waals surface area contributed by atoms with Crippen molar-refractivity contribution in [2.45, 2.75) is 0 Å². The lowest BCUT2D eigenvalue weighted by atomic mass is 10.1. The van der Waals surface area contributed by atoms with Gasteiger partial charge in [-0.3, -0.25) is 0 Å². The van der Waals surface area contributed by atoms with Gasteiger partial charge in [0.05, 0.1) is 0 Å². The summed E-state index contributed by atoms with van der Waals surface area (Å²) in [5.74, 6) is -0.304. The molecule has 0 fully saturated rings. The van der Waals surface area contributed by atoms with E-state index in [0.29, 0.717) is 5.56 Å². The molecular formula is C10H5N2O. The maximum Gasteiger partial charge on any atom is 0.171 e. The molecule has 13 heavy (non-hydrogen) atoms. The van der Waals surface area contributed by atoms with Crippen LogP contribution in [0.25, 0.3) is 5.76 Å². The quantitative estimate of drug-likeness (QED) is 0.514. The molecule has 1 rings (SSSR count). The first-order valence-corrected chi connectivity index (χ1v) is 3.49. The first-order valence-electron chi connectivity index (χ1n) is 3.49. The molecular weight excluding hydrogens is 164 g/mol. The van der Waals surface area contributed by atoms with Crippen molar-refractivity contribution in [1.82, 2.24) is 0 Å². The van der Waals surface area contributed by atoms with E-state index >= 15 is 0 Å². The molecule has 3 heteroatoms. The number of allylic oxidation sites excluding steroid dienone is 1. The Balaban J connectivity index is 3.21. The molecule has 0 saturated heterocycles. The molecule has 0 aromatic heterocycles. The van der Waals surface area contributed by atoms with E-state index in [2.05, 4.69) is 6.07 Å². The predicted molar refractivity (Wildman–Crippen MR) is 46.1 cm³/mol. The Morgan fingerprint density at radius 2 is 2.08 bits per heavy atom. The van der Waals surface area contributed by atoms with Gasteiger partial charge in [0.1, 0.15) is 12.1 Å². The Morgan fingerprint density at radius 1 is 1.38 bits per heavy atom. The normalized spacial score (nSPS) is 8.15. The zero-order chi connectivity index (χ0) is 9.68. The van der Waals surface area contributed by atoms with Crippen LogP contribution in [0.15, 0.2) is 29.8 Å². The van der Waals surface area contributed by atoms with Gasteiger partial charge in [0, 0.05) is 5.56 Å². The maximum atomic E-state index is 9.39. The van der Waals surface area contributed by atoms with Gasteiger partial charge in [-0.1, -0.05) is 18.2 Å². The highest BCUT2D eigenvalue weighted by Crippen LogP contribution is 2.13. The first kappa shape index (κ1) is 8.83. The summed E-state index contributed by atoms with van der Waals surface area (Å²) in [7, 11) is 0. The number of rotatable bonds is 1. The number of hydrogen-bond acceptors (Lipinski definition) is 3. The molecule has 0 heterocycles. The molecule has 61 valence electrons. The van der Waals surface area contributed by atoms with Crippen molar-refractivity contribution < 1.29 is 5.11 Å². The number of hydrogen-bond donors (Lipinski definition) is 1. The van der Waals surface area contributed by atoms with Crippen molar-refractivity contribution in [2.75, 3.05) is 0 Å². The smallest absolute Gasteiger partial charge is 0.171 e. The Bertz CT molecular complexity index is 391. The fourth-order valence-electron chi connectivity index (χ4n) is 0.816. The Kier molecular flexibility index (Phi) is 2.68. The van der Waals surface area contributed by atoms with Crippen molar-refractivity contribution >= 4 is 5.76 Å². The lowest BCUT2D eigenvalue weighted by Gasteiger charge is -1.97. The summed E-state index contributed by atoms with van der Waals surface area (Å²) in [6, 6.07) is 12.4. The third kappa shape index (κ3) is 1.85. The first-order chi connectivity index (χ1) is 6.29. The van der Waals surface area contributed by atoms with Crippen LogP contribution in [-0.2, 0) is 0 Å². The molecule has 0 aliphatic rings. The summed E-state index contributed by atoms with van der Waals surface area (Å²) < 4.78 is 0. The number of nitriles is 2. The Morgan fingerprint density at radius 3 is 2.54 bits per heavy atom. The van der Waals surface area contributed by atoms with Crippen molar-refractivity contribution in [1.29, 1.82) is 10.5 Å². The molecule has 1 aromatic carbocycles. The van der Waals surface area contributed by atoms with Gasteiger partial charge in [0.2, 0.25) is 0 Å². The predicted octanol–water partition coefficient (Wildman–Crippen LogP) is 1.80. The second-order valence-corrected chi connectivity index (χ2v) is 2.24. The summed E-state index contributed by atoms with van der Waals surface area (Å²) >= 11 is 0. The van der Waals surface area contributed by atoms with Crippen LogP contribution >= 0.6 is 0 Å². The van der Waals surface area contributed by atoms with E-state index in [1.165, 1.54) is 6.07 Å².